The fourth-order valence-corrected chi connectivity index (χ4v) is 3.89. The van der Waals surface area contributed by atoms with Crippen LogP contribution in [-0.2, 0) is 4.79 Å². The molecule has 5 heteroatoms. The summed E-state index contributed by atoms with van der Waals surface area (Å²) in [6.07, 6.45) is 6.24. The highest BCUT2D eigenvalue weighted by Gasteiger charge is 2.26. The molecule has 0 aliphatic rings. The molecule has 154 valence electrons. The molecule has 1 amide bonds. The van der Waals surface area contributed by atoms with Crippen molar-refractivity contribution in [3.05, 3.63) is 65.6 Å². The van der Waals surface area contributed by atoms with E-state index in [0.717, 1.165) is 54.1 Å². The smallest absolute Gasteiger partial charge is 0.223 e. The van der Waals surface area contributed by atoms with Gasteiger partial charge in [0, 0.05) is 43.4 Å². The van der Waals surface area contributed by atoms with Crippen LogP contribution >= 0.6 is 0 Å². The number of ether oxygens (including phenoxy) is 1. The molecular weight excluding hydrogens is 362 g/mol. The first-order valence-electron chi connectivity index (χ1n) is 10.4. The highest BCUT2D eigenvalue weighted by atomic mass is 16.5. The number of hydrogen-bond acceptors (Lipinski definition) is 3. The van der Waals surface area contributed by atoms with Crippen molar-refractivity contribution in [2.24, 2.45) is 0 Å². The van der Waals surface area contributed by atoms with Crippen LogP contribution < -0.4 is 4.74 Å². The number of fused-ring (bicyclic) bond motifs is 1. The largest absolute Gasteiger partial charge is 0.496 e. The summed E-state index contributed by atoms with van der Waals surface area (Å²) in [6, 6.07) is 12.1. The van der Waals surface area contributed by atoms with Crippen LogP contribution in [0.1, 0.15) is 55.8 Å². The van der Waals surface area contributed by atoms with Crippen molar-refractivity contribution in [3.8, 4) is 5.75 Å². The molecule has 3 rings (SSSR count). The van der Waals surface area contributed by atoms with Gasteiger partial charge in [-0.05, 0) is 43.5 Å². The minimum atomic E-state index is -0.132. The van der Waals surface area contributed by atoms with Gasteiger partial charge in [0.05, 0.1) is 12.8 Å². The van der Waals surface area contributed by atoms with Crippen molar-refractivity contribution < 1.29 is 9.53 Å². The Labute approximate surface area is 173 Å². The maximum Gasteiger partial charge on any atom is 0.223 e. The Hall–Kier alpha value is -2.82. The first kappa shape index (κ1) is 20.9. The molecule has 1 aromatic carbocycles. The first-order chi connectivity index (χ1) is 14.1. The topological polar surface area (TPSA) is 46.8 Å². The van der Waals surface area contributed by atoms with Crippen LogP contribution in [0.5, 0.6) is 5.75 Å². The van der Waals surface area contributed by atoms with Gasteiger partial charge in [0.15, 0.2) is 0 Å². The van der Waals surface area contributed by atoms with Gasteiger partial charge in [-0.2, -0.15) is 0 Å². The van der Waals surface area contributed by atoms with E-state index in [9.17, 15) is 4.79 Å². The van der Waals surface area contributed by atoms with Crippen LogP contribution in [0.3, 0.4) is 0 Å². The van der Waals surface area contributed by atoms with E-state index < -0.39 is 0 Å². The van der Waals surface area contributed by atoms with Gasteiger partial charge in [0.1, 0.15) is 11.4 Å². The summed E-state index contributed by atoms with van der Waals surface area (Å²) < 4.78 is 7.72. The Morgan fingerprint density at radius 3 is 2.59 bits per heavy atom. The SMILES string of the molecule is CCCN(CCC)C(=O)CC(c1ccccc1OC)c1cnc2cc(C)ccn12. The predicted molar refractivity (Wildman–Crippen MR) is 117 cm³/mol. The number of methoxy groups -OCH3 is 1. The third-order valence-electron chi connectivity index (χ3n) is 5.29. The summed E-state index contributed by atoms with van der Waals surface area (Å²) in [5, 5.41) is 0. The number of carbonyl (C=O) groups is 1. The lowest BCUT2D eigenvalue weighted by atomic mass is 9.91. The standard InChI is InChI=1S/C24H31N3O2/c1-5-12-26(13-6-2)24(28)16-20(19-9-7-8-10-22(19)29-4)21-17-25-23-15-18(3)11-14-27(21)23/h7-11,14-15,17,20H,5-6,12-13,16H2,1-4H3. The van der Waals surface area contributed by atoms with Gasteiger partial charge in [-0.3, -0.25) is 4.79 Å². The fraction of sp³-hybridized carbons (Fsp3) is 0.417. The number of rotatable bonds is 9. The van der Waals surface area contributed by atoms with Gasteiger partial charge in [0.2, 0.25) is 5.91 Å². The second-order valence-corrected chi connectivity index (χ2v) is 7.49. The van der Waals surface area contributed by atoms with Crippen LogP contribution in [0.15, 0.2) is 48.8 Å². The normalized spacial score (nSPS) is 12.1. The van der Waals surface area contributed by atoms with E-state index in [1.165, 1.54) is 0 Å². The van der Waals surface area contributed by atoms with Gasteiger partial charge in [0.25, 0.3) is 0 Å². The molecule has 1 atom stereocenters. The molecule has 2 heterocycles. The summed E-state index contributed by atoms with van der Waals surface area (Å²) in [7, 11) is 1.68. The zero-order chi connectivity index (χ0) is 20.8. The first-order valence-corrected chi connectivity index (χ1v) is 10.4. The minimum Gasteiger partial charge on any atom is -0.496 e. The lowest BCUT2D eigenvalue weighted by Gasteiger charge is -2.25. The quantitative estimate of drug-likeness (QED) is 0.523. The highest BCUT2D eigenvalue weighted by molar-refractivity contribution is 5.78. The van der Waals surface area contributed by atoms with E-state index in [2.05, 4.69) is 42.3 Å². The highest BCUT2D eigenvalue weighted by Crippen LogP contribution is 2.35. The molecule has 1 unspecified atom stereocenters. The number of para-hydroxylation sites is 1. The molecule has 0 aliphatic carbocycles. The van der Waals surface area contributed by atoms with Gasteiger partial charge in [-0.25, -0.2) is 4.98 Å². The van der Waals surface area contributed by atoms with Crippen LogP contribution in [0.2, 0.25) is 0 Å². The monoisotopic (exact) mass is 393 g/mol. The van der Waals surface area contributed by atoms with E-state index >= 15 is 0 Å². The van der Waals surface area contributed by atoms with Gasteiger partial charge >= 0.3 is 0 Å². The van der Waals surface area contributed by atoms with Crippen molar-refractivity contribution in [1.82, 2.24) is 14.3 Å². The zero-order valence-electron chi connectivity index (χ0n) is 17.9. The molecular formula is C24H31N3O2. The number of amides is 1. The number of imidazole rings is 1. The zero-order valence-corrected chi connectivity index (χ0v) is 17.9. The Morgan fingerprint density at radius 2 is 1.90 bits per heavy atom. The van der Waals surface area contributed by atoms with Gasteiger partial charge in [-0.15, -0.1) is 0 Å². The molecule has 0 spiro atoms. The molecule has 0 N–H and O–H groups in total. The number of pyridine rings is 1. The Morgan fingerprint density at radius 1 is 1.17 bits per heavy atom. The maximum atomic E-state index is 13.2. The Bertz CT molecular complexity index is 958. The van der Waals surface area contributed by atoms with Gasteiger partial charge < -0.3 is 14.0 Å². The van der Waals surface area contributed by atoms with Crippen LogP contribution in [-0.4, -0.2) is 40.4 Å². The van der Waals surface area contributed by atoms with Gasteiger partial charge in [-0.1, -0.05) is 32.0 Å². The number of nitrogens with zero attached hydrogens (tertiary/aromatic N) is 3. The third-order valence-corrected chi connectivity index (χ3v) is 5.29. The summed E-state index contributed by atoms with van der Waals surface area (Å²) in [4.78, 5) is 19.8. The van der Waals surface area contributed by atoms with Crippen molar-refractivity contribution in [1.29, 1.82) is 0 Å². The van der Waals surface area contributed by atoms with Crippen LogP contribution in [0.25, 0.3) is 5.65 Å². The van der Waals surface area contributed by atoms with E-state index in [4.69, 9.17) is 4.74 Å². The molecule has 5 nitrogen and oxygen atoms in total. The summed E-state index contributed by atoms with van der Waals surface area (Å²) >= 11 is 0. The molecule has 0 aliphatic heterocycles. The molecule has 0 radical (unpaired) electrons. The van der Waals surface area contributed by atoms with E-state index in [0.29, 0.717) is 6.42 Å². The Kier molecular flexibility index (Phi) is 6.91. The summed E-state index contributed by atoms with van der Waals surface area (Å²) in [5.74, 6) is 0.837. The van der Waals surface area contributed by atoms with E-state index in [1.54, 1.807) is 7.11 Å². The Balaban J connectivity index is 2.05. The molecule has 0 fully saturated rings. The van der Waals surface area contributed by atoms with Crippen LogP contribution in [0, 0.1) is 6.92 Å². The van der Waals surface area contributed by atoms with Crippen molar-refractivity contribution >= 4 is 11.6 Å². The van der Waals surface area contributed by atoms with E-state index in [1.807, 2.05) is 41.6 Å². The number of benzene rings is 1. The predicted octanol–water partition coefficient (Wildman–Crippen LogP) is 4.82. The van der Waals surface area contributed by atoms with Crippen molar-refractivity contribution in [2.45, 2.75) is 46.0 Å². The fourth-order valence-electron chi connectivity index (χ4n) is 3.89. The maximum absolute atomic E-state index is 13.2. The lowest BCUT2D eigenvalue weighted by Crippen LogP contribution is -2.33. The second kappa shape index (κ2) is 9.59. The molecule has 3 aromatic rings. The molecule has 0 saturated heterocycles. The molecule has 0 saturated carbocycles. The van der Waals surface area contributed by atoms with E-state index in [-0.39, 0.29) is 11.8 Å². The number of aromatic nitrogens is 2. The lowest BCUT2D eigenvalue weighted by molar-refractivity contribution is -0.131. The third kappa shape index (κ3) is 4.61. The number of hydrogen-bond donors (Lipinski definition) is 0. The summed E-state index contributed by atoms with van der Waals surface area (Å²) in [5.41, 5.74) is 4.08. The molecule has 0 bridgehead atoms. The second-order valence-electron chi connectivity index (χ2n) is 7.49. The minimum absolute atomic E-state index is 0.132. The average Bonchev–Trinajstić information content (AvgIpc) is 3.14. The molecule has 2 aromatic heterocycles. The van der Waals surface area contributed by atoms with Crippen molar-refractivity contribution in [2.75, 3.05) is 20.2 Å². The number of aryl methyl sites for hydroxylation is 1. The number of carbonyl (C=O) groups excluding carboxylic acids is 1. The summed E-state index contributed by atoms with van der Waals surface area (Å²) in [6.45, 7) is 7.86. The van der Waals surface area contributed by atoms with Crippen LogP contribution in [0.4, 0.5) is 0 Å². The van der Waals surface area contributed by atoms with Crippen molar-refractivity contribution in [3.63, 3.8) is 0 Å². The average molecular weight is 394 g/mol. The molecule has 29 heavy (non-hydrogen) atoms.